The smallest absolute Gasteiger partial charge is 0.166 e. The van der Waals surface area contributed by atoms with E-state index in [0.29, 0.717) is 40.6 Å². The Labute approximate surface area is 215 Å². The summed E-state index contributed by atoms with van der Waals surface area (Å²) < 4.78 is 23.6. The summed E-state index contributed by atoms with van der Waals surface area (Å²) in [6.07, 6.45) is 6.43. The van der Waals surface area contributed by atoms with Crippen molar-refractivity contribution in [3.8, 4) is 11.4 Å². The minimum atomic E-state index is -3.01. The van der Waals surface area contributed by atoms with Crippen LogP contribution in [0, 0.1) is 5.92 Å². The first kappa shape index (κ1) is 24.5. The number of nitrogens with one attached hydrogen (secondary N) is 2. The van der Waals surface area contributed by atoms with Crippen molar-refractivity contribution >= 4 is 49.5 Å². The fraction of sp³-hybridized carbons (Fsp3) is 0.360. The average molecular weight is 526 g/mol. The number of hydrogen-bond donors (Lipinski definition) is 2. The number of benzene rings is 1. The summed E-state index contributed by atoms with van der Waals surface area (Å²) in [4.78, 5) is 15.8. The number of aromatic nitrogens is 5. The van der Waals surface area contributed by atoms with E-state index in [2.05, 4.69) is 68.3 Å². The molecule has 0 aliphatic carbocycles. The number of pyridine rings is 1. The van der Waals surface area contributed by atoms with E-state index in [1.165, 1.54) is 11.8 Å². The average Bonchev–Trinajstić information content (AvgIpc) is 3.26. The van der Waals surface area contributed by atoms with Crippen LogP contribution in [-0.2, 0) is 9.84 Å². The molecule has 1 fully saturated rings. The van der Waals surface area contributed by atoms with E-state index < -0.39 is 9.84 Å². The van der Waals surface area contributed by atoms with Crippen molar-refractivity contribution < 1.29 is 8.42 Å². The first-order chi connectivity index (χ1) is 17.1. The van der Waals surface area contributed by atoms with Gasteiger partial charge in [-0.25, -0.2) is 23.4 Å². The lowest BCUT2D eigenvalue weighted by Gasteiger charge is -2.48. The van der Waals surface area contributed by atoms with Gasteiger partial charge in [-0.3, -0.25) is 5.10 Å². The summed E-state index contributed by atoms with van der Waals surface area (Å²) in [5.74, 6) is 2.37. The van der Waals surface area contributed by atoms with Gasteiger partial charge in [-0.05, 0) is 42.0 Å². The molecular formula is C25H28ClN7O2S. The van der Waals surface area contributed by atoms with Crippen molar-refractivity contribution in [2.24, 2.45) is 5.92 Å². The standard InChI is InChI=1S/C25H28ClN7O2S/c1-14(2)17-5-6-21(33-12-16(15(33)3)13-36(4,34)35)19-10-28-23(9-18(17)19)30-22-7-8-27-25(31-22)20-11-29-32-24(20)26/h5-11,14-16H,12-13H2,1-4H3,(H,29,32)(H,27,28,30,31)/t15-,16-/m1/s1. The van der Waals surface area contributed by atoms with Crippen LogP contribution in [0.5, 0.6) is 0 Å². The number of hydrogen-bond acceptors (Lipinski definition) is 8. The highest BCUT2D eigenvalue weighted by Crippen LogP contribution is 2.39. The molecule has 9 nitrogen and oxygen atoms in total. The van der Waals surface area contributed by atoms with E-state index in [-0.39, 0.29) is 17.7 Å². The Hall–Kier alpha value is -3.24. The molecule has 11 heteroatoms. The number of aromatic amines is 1. The molecule has 0 saturated carbocycles. The molecule has 1 aromatic carbocycles. The molecule has 5 rings (SSSR count). The molecule has 0 unspecified atom stereocenters. The Morgan fingerprint density at radius 2 is 1.97 bits per heavy atom. The van der Waals surface area contributed by atoms with Crippen molar-refractivity contribution in [1.29, 1.82) is 0 Å². The second kappa shape index (κ2) is 9.33. The Kier molecular flexibility index (Phi) is 6.34. The number of sulfone groups is 1. The Balaban J connectivity index is 1.47. The molecule has 2 atom stereocenters. The lowest BCUT2D eigenvalue weighted by Crippen LogP contribution is -2.57. The highest BCUT2D eigenvalue weighted by atomic mass is 35.5. The lowest BCUT2D eigenvalue weighted by atomic mass is 9.88. The third-order valence-electron chi connectivity index (χ3n) is 6.71. The summed E-state index contributed by atoms with van der Waals surface area (Å²) >= 11 is 6.14. The van der Waals surface area contributed by atoms with Gasteiger partial charge in [0.2, 0.25) is 0 Å². The number of rotatable bonds is 7. The fourth-order valence-electron chi connectivity index (χ4n) is 4.77. The molecular weight excluding hydrogens is 498 g/mol. The van der Waals surface area contributed by atoms with Crippen LogP contribution in [0.3, 0.4) is 0 Å². The molecule has 0 amide bonds. The van der Waals surface area contributed by atoms with E-state index in [1.807, 2.05) is 12.3 Å². The van der Waals surface area contributed by atoms with Gasteiger partial charge < -0.3 is 10.2 Å². The number of fused-ring (bicyclic) bond motifs is 1. The zero-order valence-electron chi connectivity index (χ0n) is 20.5. The lowest BCUT2D eigenvalue weighted by molar-refractivity contribution is 0.342. The topological polar surface area (TPSA) is 117 Å². The summed E-state index contributed by atoms with van der Waals surface area (Å²) in [5.41, 5.74) is 2.91. The molecule has 188 valence electrons. The minimum absolute atomic E-state index is 0.129. The van der Waals surface area contributed by atoms with E-state index in [1.54, 1.807) is 18.5 Å². The zero-order chi connectivity index (χ0) is 25.6. The Bertz CT molecular complexity index is 1540. The quantitative estimate of drug-likeness (QED) is 0.353. The Morgan fingerprint density at radius 3 is 2.64 bits per heavy atom. The van der Waals surface area contributed by atoms with Gasteiger partial charge in [0.15, 0.2) is 5.82 Å². The molecule has 1 aliphatic heterocycles. The van der Waals surface area contributed by atoms with Gasteiger partial charge in [-0.1, -0.05) is 31.5 Å². The van der Waals surface area contributed by atoms with Crippen molar-refractivity contribution in [2.75, 3.05) is 28.8 Å². The van der Waals surface area contributed by atoms with Crippen LogP contribution in [-0.4, -0.2) is 58.2 Å². The van der Waals surface area contributed by atoms with Gasteiger partial charge >= 0.3 is 0 Å². The van der Waals surface area contributed by atoms with Crippen molar-refractivity contribution in [2.45, 2.75) is 32.7 Å². The van der Waals surface area contributed by atoms with Crippen LogP contribution >= 0.6 is 11.6 Å². The first-order valence-corrected chi connectivity index (χ1v) is 14.2. The monoisotopic (exact) mass is 525 g/mol. The largest absolute Gasteiger partial charge is 0.368 e. The highest BCUT2D eigenvalue weighted by Gasteiger charge is 2.38. The summed E-state index contributed by atoms with van der Waals surface area (Å²) in [5, 5.41) is 12.4. The second-order valence-electron chi connectivity index (χ2n) is 9.68. The predicted octanol–water partition coefficient (Wildman–Crippen LogP) is 4.80. The van der Waals surface area contributed by atoms with E-state index >= 15 is 0 Å². The molecule has 4 aromatic rings. The highest BCUT2D eigenvalue weighted by molar-refractivity contribution is 7.90. The second-order valence-corrected chi connectivity index (χ2v) is 12.2. The molecule has 0 radical (unpaired) electrons. The molecule has 4 heterocycles. The minimum Gasteiger partial charge on any atom is -0.368 e. The van der Waals surface area contributed by atoms with Crippen molar-refractivity contribution in [3.63, 3.8) is 0 Å². The molecule has 0 bridgehead atoms. The predicted molar refractivity (Wildman–Crippen MR) is 144 cm³/mol. The first-order valence-electron chi connectivity index (χ1n) is 11.8. The summed E-state index contributed by atoms with van der Waals surface area (Å²) in [6.45, 7) is 7.14. The van der Waals surface area contributed by atoms with E-state index in [9.17, 15) is 8.42 Å². The van der Waals surface area contributed by atoms with Gasteiger partial charge in [0.25, 0.3) is 0 Å². The van der Waals surface area contributed by atoms with Crippen LogP contribution in [0.25, 0.3) is 22.2 Å². The maximum absolute atomic E-state index is 11.8. The zero-order valence-corrected chi connectivity index (χ0v) is 22.1. The number of anilines is 3. The van der Waals surface area contributed by atoms with Crippen LogP contribution in [0.15, 0.2) is 42.9 Å². The summed E-state index contributed by atoms with van der Waals surface area (Å²) in [7, 11) is -3.01. The summed E-state index contributed by atoms with van der Waals surface area (Å²) in [6, 6.07) is 8.24. The fourth-order valence-corrected chi connectivity index (χ4v) is 6.11. The maximum Gasteiger partial charge on any atom is 0.166 e. The van der Waals surface area contributed by atoms with Crippen LogP contribution in [0.4, 0.5) is 17.3 Å². The Morgan fingerprint density at radius 1 is 1.17 bits per heavy atom. The molecule has 3 aromatic heterocycles. The van der Waals surface area contributed by atoms with Crippen LogP contribution < -0.4 is 10.2 Å². The molecule has 2 N–H and O–H groups in total. The number of nitrogens with zero attached hydrogens (tertiary/aromatic N) is 5. The number of H-pyrrole nitrogens is 1. The van der Waals surface area contributed by atoms with E-state index in [0.717, 1.165) is 16.5 Å². The third-order valence-corrected chi connectivity index (χ3v) is 8.03. The molecule has 0 spiro atoms. The SMILES string of the molecule is CC(C)c1ccc(N2C[C@H](CS(C)(=O)=O)[C@H]2C)c2cnc(Nc3ccnc(-c4cn[nH]c4Cl)n3)cc12. The van der Waals surface area contributed by atoms with Crippen molar-refractivity contribution in [1.82, 2.24) is 25.1 Å². The normalized spacial score (nSPS) is 18.0. The number of halogens is 1. The maximum atomic E-state index is 11.8. The molecule has 36 heavy (non-hydrogen) atoms. The van der Waals surface area contributed by atoms with Gasteiger partial charge in [-0.2, -0.15) is 5.10 Å². The molecule has 1 saturated heterocycles. The van der Waals surface area contributed by atoms with Gasteiger partial charge in [0.1, 0.15) is 26.6 Å². The molecule has 1 aliphatic rings. The van der Waals surface area contributed by atoms with Crippen molar-refractivity contribution in [3.05, 3.63) is 53.6 Å². The van der Waals surface area contributed by atoms with E-state index in [4.69, 9.17) is 11.6 Å². The van der Waals surface area contributed by atoms with Gasteiger partial charge in [0.05, 0.1) is 17.5 Å². The third kappa shape index (κ3) is 4.75. The van der Waals surface area contributed by atoms with Gasteiger partial charge in [-0.15, -0.1) is 0 Å². The van der Waals surface area contributed by atoms with Gasteiger partial charge in [0, 0.05) is 48.2 Å². The van der Waals surface area contributed by atoms with Crippen LogP contribution in [0.1, 0.15) is 32.3 Å². The van der Waals surface area contributed by atoms with Crippen LogP contribution in [0.2, 0.25) is 5.15 Å².